The van der Waals surface area contributed by atoms with Crippen molar-refractivity contribution in [2.45, 2.75) is 27.7 Å². The third kappa shape index (κ3) is 3.62. The van der Waals surface area contributed by atoms with Gasteiger partial charge < -0.3 is 4.57 Å². The van der Waals surface area contributed by atoms with Crippen LogP contribution in [0.5, 0.6) is 0 Å². The highest BCUT2D eigenvalue weighted by Crippen LogP contribution is 2.32. The van der Waals surface area contributed by atoms with E-state index in [1.807, 2.05) is 32.0 Å². The normalized spacial score (nSPS) is 16.8. The van der Waals surface area contributed by atoms with Crippen LogP contribution in [-0.4, -0.2) is 36.5 Å². The zero-order valence-electron chi connectivity index (χ0n) is 18.7. The van der Waals surface area contributed by atoms with E-state index >= 15 is 0 Å². The van der Waals surface area contributed by atoms with E-state index in [4.69, 9.17) is 5.41 Å². The van der Waals surface area contributed by atoms with Crippen LogP contribution in [0.15, 0.2) is 64.5 Å². The van der Waals surface area contributed by atoms with Crippen molar-refractivity contribution in [3.05, 3.63) is 88.0 Å². The van der Waals surface area contributed by atoms with Crippen molar-refractivity contribution in [2.75, 3.05) is 0 Å². The van der Waals surface area contributed by atoms with E-state index in [0.717, 1.165) is 28.2 Å². The zero-order valence-corrected chi connectivity index (χ0v) is 19.6. The number of nitrogens with one attached hydrogen (secondary N) is 1. The summed E-state index contributed by atoms with van der Waals surface area (Å²) in [5.74, 6) is -0.411. The molecular weight excluding hydrogens is 432 g/mol. The number of benzene rings is 1. The fourth-order valence-electron chi connectivity index (χ4n) is 4.02. The van der Waals surface area contributed by atoms with E-state index in [-0.39, 0.29) is 11.4 Å². The summed E-state index contributed by atoms with van der Waals surface area (Å²) in [7, 11) is 0. The first-order chi connectivity index (χ1) is 15.8. The number of hydrogen-bond acceptors (Lipinski definition) is 5. The first kappa shape index (κ1) is 21.1. The molecule has 2 aromatic heterocycles. The van der Waals surface area contributed by atoms with Gasteiger partial charge in [0, 0.05) is 35.0 Å². The SMILES string of the molecule is Cc1ccc(C)c(-n2c(C)cc(/C=C3/C(=N)N4N=C(c5cccnc5)SC4=NC3=O)c2C)c1. The maximum absolute atomic E-state index is 12.9. The minimum absolute atomic E-state index is 0.0212. The second-order valence-corrected chi connectivity index (χ2v) is 9.07. The van der Waals surface area contributed by atoms with Gasteiger partial charge in [-0.1, -0.05) is 12.1 Å². The van der Waals surface area contributed by atoms with Crippen molar-refractivity contribution in [1.82, 2.24) is 14.6 Å². The van der Waals surface area contributed by atoms with Gasteiger partial charge in [0.1, 0.15) is 5.04 Å². The Labute approximate surface area is 196 Å². The predicted molar refractivity (Wildman–Crippen MR) is 133 cm³/mol. The average Bonchev–Trinajstić information content (AvgIpc) is 3.34. The molecule has 0 fully saturated rings. The summed E-state index contributed by atoms with van der Waals surface area (Å²) in [5.41, 5.74) is 7.44. The molecule has 0 unspecified atom stereocenters. The second kappa shape index (κ2) is 7.97. The van der Waals surface area contributed by atoms with Crippen LogP contribution in [0, 0.1) is 33.1 Å². The largest absolute Gasteiger partial charge is 0.318 e. The van der Waals surface area contributed by atoms with Gasteiger partial charge in [-0.15, -0.1) is 0 Å². The third-order valence-corrected chi connectivity index (χ3v) is 6.70. The van der Waals surface area contributed by atoms with Gasteiger partial charge >= 0.3 is 0 Å². The first-order valence-corrected chi connectivity index (χ1v) is 11.3. The minimum atomic E-state index is -0.432. The molecule has 33 heavy (non-hydrogen) atoms. The molecule has 7 nitrogen and oxygen atoms in total. The minimum Gasteiger partial charge on any atom is -0.318 e. The second-order valence-electron chi connectivity index (χ2n) is 8.12. The standard InChI is InChI=1S/C25H22N6OS/c1-14-7-8-15(2)21(10-14)30-16(3)11-19(17(30)4)12-20-22(26)31-25(28-23(20)32)33-24(29-31)18-6-5-9-27-13-18/h5-13,26H,1-4H3/b20-12-,26-22?. The third-order valence-electron chi connectivity index (χ3n) is 5.74. The summed E-state index contributed by atoms with van der Waals surface area (Å²) in [6.45, 7) is 8.23. The number of fused-ring (bicyclic) bond motifs is 1. The fraction of sp³-hybridized carbons (Fsp3) is 0.160. The highest BCUT2D eigenvalue weighted by Gasteiger charge is 2.36. The molecule has 8 heteroatoms. The van der Waals surface area contributed by atoms with Gasteiger partial charge in [0.15, 0.2) is 5.84 Å². The van der Waals surface area contributed by atoms with Crippen LogP contribution in [0.25, 0.3) is 11.8 Å². The van der Waals surface area contributed by atoms with Crippen molar-refractivity contribution in [3.63, 3.8) is 0 Å². The summed E-state index contributed by atoms with van der Waals surface area (Å²) in [4.78, 5) is 21.2. The molecule has 0 radical (unpaired) electrons. The molecule has 1 amide bonds. The van der Waals surface area contributed by atoms with E-state index in [1.165, 1.54) is 27.9 Å². The molecule has 2 aliphatic heterocycles. The topological polar surface area (TPSA) is 86.7 Å². The van der Waals surface area contributed by atoms with E-state index in [0.29, 0.717) is 10.2 Å². The number of nitrogens with zero attached hydrogens (tertiary/aromatic N) is 5. The molecular formula is C25H22N6OS. The number of hydrazone groups is 1. The number of carbonyl (C=O) groups is 1. The Hall–Kier alpha value is -3.78. The van der Waals surface area contributed by atoms with Gasteiger partial charge in [-0.3, -0.25) is 15.2 Å². The Bertz CT molecular complexity index is 1410. The maximum Gasteiger partial charge on any atom is 0.283 e. The lowest BCUT2D eigenvalue weighted by Crippen LogP contribution is -2.35. The van der Waals surface area contributed by atoms with Gasteiger partial charge in [-0.25, -0.2) is 0 Å². The van der Waals surface area contributed by atoms with E-state index in [2.05, 4.69) is 51.7 Å². The van der Waals surface area contributed by atoms with E-state index < -0.39 is 5.91 Å². The van der Waals surface area contributed by atoms with Gasteiger partial charge in [0.25, 0.3) is 5.91 Å². The number of aliphatic imine (C=N–C) groups is 1. The van der Waals surface area contributed by atoms with Crippen LogP contribution < -0.4 is 0 Å². The molecule has 1 aromatic carbocycles. The van der Waals surface area contributed by atoms with Crippen molar-refractivity contribution in [1.29, 1.82) is 5.41 Å². The molecule has 0 saturated carbocycles. The zero-order chi connectivity index (χ0) is 23.3. The summed E-state index contributed by atoms with van der Waals surface area (Å²) < 4.78 is 2.19. The molecule has 5 rings (SSSR count). The van der Waals surface area contributed by atoms with Crippen molar-refractivity contribution < 1.29 is 4.79 Å². The van der Waals surface area contributed by atoms with E-state index in [1.54, 1.807) is 18.5 Å². The Kier molecular flexibility index (Phi) is 5.09. The number of aromatic nitrogens is 2. The monoisotopic (exact) mass is 454 g/mol. The average molecular weight is 455 g/mol. The molecule has 0 aliphatic carbocycles. The molecule has 2 aliphatic rings. The van der Waals surface area contributed by atoms with Crippen molar-refractivity contribution >= 4 is 39.8 Å². The Morgan fingerprint density at radius 3 is 2.67 bits per heavy atom. The number of carbonyl (C=O) groups excluding carboxylic acids is 1. The van der Waals surface area contributed by atoms with Crippen LogP contribution in [0.4, 0.5) is 0 Å². The first-order valence-electron chi connectivity index (χ1n) is 10.5. The highest BCUT2D eigenvalue weighted by molar-refractivity contribution is 8.27. The Morgan fingerprint density at radius 2 is 1.91 bits per heavy atom. The lowest BCUT2D eigenvalue weighted by atomic mass is 10.1. The summed E-state index contributed by atoms with van der Waals surface area (Å²) >= 11 is 1.27. The number of amidine groups is 2. The van der Waals surface area contributed by atoms with Crippen LogP contribution in [0.2, 0.25) is 0 Å². The molecule has 4 heterocycles. The summed E-state index contributed by atoms with van der Waals surface area (Å²) in [6.07, 6.45) is 5.14. The van der Waals surface area contributed by atoms with Gasteiger partial charge in [-0.2, -0.15) is 15.1 Å². The van der Waals surface area contributed by atoms with Crippen LogP contribution >= 0.6 is 11.8 Å². The number of pyridine rings is 1. The number of hydrogen-bond donors (Lipinski definition) is 1. The highest BCUT2D eigenvalue weighted by atomic mass is 32.2. The van der Waals surface area contributed by atoms with Gasteiger partial charge in [0.2, 0.25) is 5.17 Å². The van der Waals surface area contributed by atoms with Crippen LogP contribution in [0.1, 0.15) is 33.6 Å². The molecule has 1 N–H and O–H groups in total. The quantitative estimate of drug-likeness (QED) is 0.578. The maximum atomic E-state index is 12.9. The summed E-state index contributed by atoms with van der Waals surface area (Å²) in [6, 6.07) is 12.1. The van der Waals surface area contributed by atoms with Crippen molar-refractivity contribution in [2.24, 2.45) is 10.1 Å². The molecule has 0 atom stereocenters. The summed E-state index contributed by atoms with van der Waals surface area (Å²) in [5, 5.41) is 15.7. The fourth-order valence-corrected chi connectivity index (χ4v) is 4.90. The molecule has 0 saturated heterocycles. The van der Waals surface area contributed by atoms with Gasteiger partial charge in [-0.05, 0) is 86.5 Å². The predicted octanol–water partition coefficient (Wildman–Crippen LogP) is 4.77. The van der Waals surface area contributed by atoms with Crippen molar-refractivity contribution in [3.8, 4) is 5.69 Å². The van der Waals surface area contributed by atoms with Crippen LogP contribution in [0.3, 0.4) is 0 Å². The van der Waals surface area contributed by atoms with Gasteiger partial charge in [0.05, 0.1) is 5.57 Å². The number of amides is 1. The molecule has 164 valence electrons. The smallest absolute Gasteiger partial charge is 0.283 e. The number of aryl methyl sites for hydroxylation is 3. The lowest BCUT2D eigenvalue weighted by molar-refractivity contribution is -0.114. The van der Waals surface area contributed by atoms with Crippen LogP contribution in [-0.2, 0) is 4.79 Å². The number of rotatable bonds is 3. The van der Waals surface area contributed by atoms with E-state index in [9.17, 15) is 4.79 Å². The number of thioether (sulfide) groups is 1. The Balaban J connectivity index is 1.54. The lowest BCUT2D eigenvalue weighted by Gasteiger charge is -2.20. The molecule has 0 spiro atoms. The molecule has 0 bridgehead atoms. The molecule has 3 aromatic rings. The Morgan fingerprint density at radius 1 is 1.09 bits per heavy atom.